The van der Waals surface area contributed by atoms with E-state index in [2.05, 4.69) is 13.0 Å². The monoisotopic (exact) mass is 207 g/mol. The van der Waals surface area contributed by atoms with Crippen LogP contribution >= 0.6 is 11.6 Å². The number of nitrogens with zero attached hydrogens (tertiary/aromatic N) is 1. The highest BCUT2D eigenvalue weighted by Gasteiger charge is 2.00. The molecule has 1 rings (SSSR count). The maximum absolute atomic E-state index is 8.69. The van der Waals surface area contributed by atoms with Crippen LogP contribution in [0.4, 0.5) is 0 Å². The van der Waals surface area contributed by atoms with Crippen molar-refractivity contribution in [3.05, 3.63) is 34.3 Å². The van der Waals surface area contributed by atoms with Gasteiger partial charge in [0.05, 0.1) is 10.6 Å². The summed E-state index contributed by atoms with van der Waals surface area (Å²) in [5.74, 6) is 0. The van der Waals surface area contributed by atoms with Gasteiger partial charge in [0.25, 0.3) is 0 Å². The minimum absolute atomic E-state index is 0.561. The van der Waals surface area contributed by atoms with Crippen molar-refractivity contribution >= 4 is 11.6 Å². The van der Waals surface area contributed by atoms with Gasteiger partial charge in [-0.3, -0.25) is 0 Å². The van der Waals surface area contributed by atoms with Crippen molar-refractivity contribution in [2.75, 3.05) is 0 Å². The second-order valence-corrected chi connectivity index (χ2v) is 3.79. The topological polar surface area (TPSA) is 23.8 Å². The Morgan fingerprint density at radius 1 is 1.36 bits per heavy atom. The molecule has 14 heavy (non-hydrogen) atoms. The zero-order chi connectivity index (χ0) is 10.4. The Balaban J connectivity index is 2.63. The van der Waals surface area contributed by atoms with Gasteiger partial charge >= 0.3 is 0 Å². The number of rotatable bonds is 4. The third kappa shape index (κ3) is 3.05. The lowest BCUT2D eigenvalue weighted by Gasteiger charge is -2.02. The summed E-state index contributed by atoms with van der Waals surface area (Å²) in [6.45, 7) is 2.19. The molecule has 0 fully saturated rings. The van der Waals surface area contributed by atoms with E-state index in [4.69, 9.17) is 16.9 Å². The van der Waals surface area contributed by atoms with E-state index in [1.807, 2.05) is 12.1 Å². The molecule has 0 atom stereocenters. The van der Waals surface area contributed by atoms with Gasteiger partial charge in [-0.05, 0) is 30.5 Å². The lowest BCUT2D eigenvalue weighted by Crippen LogP contribution is -1.87. The molecule has 1 aromatic carbocycles. The summed E-state index contributed by atoms with van der Waals surface area (Å²) in [4.78, 5) is 0. The number of nitriles is 1. The van der Waals surface area contributed by atoms with Crippen LogP contribution in [0.5, 0.6) is 0 Å². The van der Waals surface area contributed by atoms with Gasteiger partial charge in [0.15, 0.2) is 0 Å². The van der Waals surface area contributed by atoms with Gasteiger partial charge in [-0.1, -0.05) is 37.4 Å². The van der Waals surface area contributed by atoms with Crippen LogP contribution in [0.15, 0.2) is 18.2 Å². The van der Waals surface area contributed by atoms with Gasteiger partial charge in [-0.25, -0.2) is 0 Å². The van der Waals surface area contributed by atoms with Crippen LogP contribution in [0.25, 0.3) is 0 Å². The summed E-state index contributed by atoms with van der Waals surface area (Å²) >= 11 is 5.92. The van der Waals surface area contributed by atoms with Gasteiger partial charge in [0, 0.05) is 0 Å². The number of unbranched alkanes of at least 4 members (excludes halogenated alkanes) is 2. The molecule has 74 valence electrons. The van der Waals surface area contributed by atoms with Crippen LogP contribution in [0.1, 0.15) is 37.3 Å². The summed E-state index contributed by atoms with van der Waals surface area (Å²) in [6, 6.07) is 7.74. The molecule has 0 spiro atoms. The minimum atomic E-state index is 0.561. The smallest absolute Gasteiger partial charge is 0.101 e. The molecule has 2 heteroatoms. The van der Waals surface area contributed by atoms with Crippen LogP contribution in [-0.4, -0.2) is 0 Å². The molecule has 0 saturated heterocycles. The molecule has 0 bridgehead atoms. The first-order valence-corrected chi connectivity index (χ1v) is 5.34. The molecule has 0 aliphatic heterocycles. The summed E-state index contributed by atoms with van der Waals surface area (Å²) < 4.78 is 0. The van der Waals surface area contributed by atoms with Gasteiger partial charge in [0.2, 0.25) is 0 Å². The van der Waals surface area contributed by atoms with E-state index in [0.717, 1.165) is 6.42 Å². The SMILES string of the molecule is CCCCCc1ccc(C#N)c(Cl)c1. The van der Waals surface area contributed by atoms with E-state index < -0.39 is 0 Å². The second-order valence-electron chi connectivity index (χ2n) is 3.38. The van der Waals surface area contributed by atoms with E-state index in [1.165, 1.54) is 24.8 Å². The molecule has 0 aliphatic carbocycles. The Labute approximate surface area is 90.3 Å². The fourth-order valence-electron chi connectivity index (χ4n) is 1.38. The molecule has 0 heterocycles. The predicted octanol–water partition coefficient (Wildman–Crippen LogP) is 3.94. The molecule has 1 nitrogen and oxygen atoms in total. The van der Waals surface area contributed by atoms with Crippen molar-refractivity contribution in [1.82, 2.24) is 0 Å². The van der Waals surface area contributed by atoms with Crippen LogP contribution < -0.4 is 0 Å². The van der Waals surface area contributed by atoms with Crippen LogP contribution in [0, 0.1) is 11.3 Å². The van der Waals surface area contributed by atoms with Crippen molar-refractivity contribution in [3.8, 4) is 6.07 Å². The number of benzene rings is 1. The van der Waals surface area contributed by atoms with Crippen molar-refractivity contribution in [2.24, 2.45) is 0 Å². The van der Waals surface area contributed by atoms with Crippen molar-refractivity contribution in [1.29, 1.82) is 5.26 Å². The highest BCUT2D eigenvalue weighted by molar-refractivity contribution is 6.31. The molecule has 0 saturated carbocycles. The van der Waals surface area contributed by atoms with Crippen LogP contribution in [0.2, 0.25) is 5.02 Å². The summed E-state index contributed by atoms with van der Waals surface area (Å²) in [6.07, 6.45) is 4.72. The number of hydrogen-bond acceptors (Lipinski definition) is 1. The van der Waals surface area contributed by atoms with Crippen LogP contribution in [-0.2, 0) is 6.42 Å². The van der Waals surface area contributed by atoms with E-state index in [9.17, 15) is 0 Å². The third-order valence-corrected chi connectivity index (χ3v) is 2.54. The molecule has 0 N–H and O–H groups in total. The van der Waals surface area contributed by atoms with Crippen LogP contribution in [0.3, 0.4) is 0 Å². The molecule has 0 aromatic heterocycles. The Hall–Kier alpha value is -1.00. The first-order chi connectivity index (χ1) is 6.77. The third-order valence-electron chi connectivity index (χ3n) is 2.22. The van der Waals surface area contributed by atoms with Crippen molar-refractivity contribution in [2.45, 2.75) is 32.6 Å². The second kappa shape index (κ2) is 5.67. The van der Waals surface area contributed by atoms with E-state index >= 15 is 0 Å². The molecule has 0 amide bonds. The van der Waals surface area contributed by atoms with Gasteiger partial charge in [-0.2, -0.15) is 5.26 Å². The normalized spacial score (nSPS) is 9.79. The molecular formula is C12H14ClN. The van der Waals surface area contributed by atoms with E-state index in [1.54, 1.807) is 6.07 Å². The maximum Gasteiger partial charge on any atom is 0.101 e. The van der Waals surface area contributed by atoms with E-state index in [-0.39, 0.29) is 0 Å². The Bertz CT molecular complexity index is 339. The van der Waals surface area contributed by atoms with Crippen molar-refractivity contribution in [3.63, 3.8) is 0 Å². The Morgan fingerprint density at radius 2 is 2.14 bits per heavy atom. The highest BCUT2D eigenvalue weighted by Crippen LogP contribution is 2.18. The van der Waals surface area contributed by atoms with Crippen molar-refractivity contribution < 1.29 is 0 Å². The quantitative estimate of drug-likeness (QED) is 0.686. The lowest BCUT2D eigenvalue weighted by molar-refractivity contribution is 0.717. The maximum atomic E-state index is 8.69. The first kappa shape index (κ1) is 11.1. The zero-order valence-corrected chi connectivity index (χ0v) is 9.14. The van der Waals surface area contributed by atoms with Gasteiger partial charge in [0.1, 0.15) is 6.07 Å². The molecule has 1 aromatic rings. The Morgan fingerprint density at radius 3 is 2.71 bits per heavy atom. The van der Waals surface area contributed by atoms with E-state index in [0.29, 0.717) is 10.6 Å². The highest BCUT2D eigenvalue weighted by atomic mass is 35.5. The predicted molar refractivity (Wildman–Crippen MR) is 59.4 cm³/mol. The summed E-state index contributed by atoms with van der Waals surface area (Å²) in [5, 5.41) is 9.26. The molecule has 0 aliphatic rings. The molecule has 0 unspecified atom stereocenters. The largest absolute Gasteiger partial charge is 0.192 e. The molecule has 0 radical (unpaired) electrons. The molecular weight excluding hydrogens is 194 g/mol. The van der Waals surface area contributed by atoms with Gasteiger partial charge < -0.3 is 0 Å². The zero-order valence-electron chi connectivity index (χ0n) is 8.39. The summed E-state index contributed by atoms with van der Waals surface area (Å²) in [7, 11) is 0. The minimum Gasteiger partial charge on any atom is -0.192 e. The number of halogens is 1. The lowest BCUT2D eigenvalue weighted by atomic mass is 10.1. The van der Waals surface area contributed by atoms with Gasteiger partial charge in [-0.15, -0.1) is 0 Å². The number of aryl methyl sites for hydroxylation is 1. The Kier molecular flexibility index (Phi) is 4.49. The first-order valence-electron chi connectivity index (χ1n) is 4.96. The fourth-order valence-corrected chi connectivity index (χ4v) is 1.63. The number of hydrogen-bond donors (Lipinski definition) is 0. The average Bonchev–Trinajstić information content (AvgIpc) is 2.18. The fraction of sp³-hybridized carbons (Fsp3) is 0.417. The average molecular weight is 208 g/mol. The summed E-state index contributed by atoms with van der Waals surface area (Å²) in [5.41, 5.74) is 1.79. The standard InChI is InChI=1S/C12H14ClN/c1-2-3-4-5-10-6-7-11(9-14)12(13)8-10/h6-8H,2-5H2,1H3.